The van der Waals surface area contributed by atoms with Crippen LogP contribution in [0, 0.1) is 0 Å². The van der Waals surface area contributed by atoms with Crippen LogP contribution >= 0.6 is 11.3 Å². The van der Waals surface area contributed by atoms with E-state index < -0.39 is 0 Å². The number of hydrogen-bond acceptors (Lipinski definition) is 2. The fraction of sp³-hybridized carbons (Fsp3) is 0. The largest absolute Gasteiger partial charge is 0.454 e. The van der Waals surface area contributed by atoms with Gasteiger partial charge in [-0.2, -0.15) is 0 Å². The van der Waals surface area contributed by atoms with Gasteiger partial charge in [0.05, 0.1) is 5.52 Å². The highest BCUT2D eigenvalue weighted by molar-refractivity contribution is 7.25. The molecular formula is C44H27NOS. The minimum Gasteiger partial charge on any atom is -0.454 e. The molecule has 0 bridgehead atoms. The van der Waals surface area contributed by atoms with Gasteiger partial charge in [-0.15, -0.1) is 11.3 Å². The van der Waals surface area contributed by atoms with Crippen LogP contribution in [0.4, 0.5) is 0 Å². The van der Waals surface area contributed by atoms with Crippen molar-refractivity contribution in [2.75, 3.05) is 0 Å². The standard InChI is InChI=1S/C44H27NOS/c1-3-11-28(12-4-1)29-19-22-35-36-23-20-31(27-42(36)47-41(35)26-29)34-16-8-7-15-33(34)30-21-24-38-40(25-30)46-44-37-17-9-10-18-39(37)45(43(38)44)32-13-5-2-6-14-32/h1-27H. The van der Waals surface area contributed by atoms with Gasteiger partial charge in [-0.1, -0.05) is 115 Å². The van der Waals surface area contributed by atoms with E-state index in [0.29, 0.717) is 0 Å². The molecular weight excluding hydrogens is 591 g/mol. The highest BCUT2D eigenvalue weighted by atomic mass is 32.1. The SMILES string of the molecule is c1ccc(-c2ccc3c(c2)sc2cc(-c4ccccc4-c4ccc5c(c4)oc4c6ccccc6n(-c6ccccc6)c54)ccc23)cc1. The first-order valence-corrected chi connectivity index (χ1v) is 16.7. The topological polar surface area (TPSA) is 18.1 Å². The summed E-state index contributed by atoms with van der Waals surface area (Å²) in [5, 5.41) is 4.85. The monoisotopic (exact) mass is 617 g/mol. The van der Waals surface area contributed by atoms with E-state index in [0.717, 1.165) is 44.2 Å². The van der Waals surface area contributed by atoms with E-state index in [4.69, 9.17) is 4.42 Å². The molecule has 0 fully saturated rings. The average molecular weight is 618 g/mol. The maximum absolute atomic E-state index is 6.69. The Balaban J connectivity index is 1.10. The second kappa shape index (κ2) is 10.3. The second-order valence-electron chi connectivity index (χ2n) is 12.1. The minimum absolute atomic E-state index is 0.895. The Morgan fingerprint density at radius 3 is 1.74 bits per heavy atom. The van der Waals surface area contributed by atoms with Gasteiger partial charge >= 0.3 is 0 Å². The van der Waals surface area contributed by atoms with Crippen LogP contribution in [0.2, 0.25) is 0 Å². The van der Waals surface area contributed by atoms with Crippen molar-refractivity contribution in [3.63, 3.8) is 0 Å². The Bertz CT molecular complexity index is 2780. The zero-order valence-electron chi connectivity index (χ0n) is 25.4. The number of thiophene rings is 1. The molecule has 0 spiro atoms. The van der Waals surface area contributed by atoms with Crippen LogP contribution in [0.3, 0.4) is 0 Å². The molecule has 0 N–H and O–H groups in total. The molecule has 0 aliphatic heterocycles. The van der Waals surface area contributed by atoms with Crippen molar-refractivity contribution < 1.29 is 4.42 Å². The van der Waals surface area contributed by atoms with Crippen LogP contribution in [0.1, 0.15) is 0 Å². The predicted octanol–water partition coefficient (Wildman–Crippen LogP) is 12.9. The normalized spacial score (nSPS) is 11.8. The number of benzene rings is 7. The molecule has 0 amide bonds. The second-order valence-corrected chi connectivity index (χ2v) is 13.2. The first kappa shape index (κ1) is 26.3. The molecule has 7 aromatic carbocycles. The van der Waals surface area contributed by atoms with Crippen molar-refractivity contribution in [2.24, 2.45) is 0 Å². The number of furan rings is 1. The third-order valence-corrected chi connectivity index (χ3v) is 10.5. The van der Waals surface area contributed by atoms with Crippen LogP contribution in [-0.4, -0.2) is 4.57 Å². The summed E-state index contributed by atoms with van der Waals surface area (Å²) in [7, 11) is 0. The predicted molar refractivity (Wildman–Crippen MR) is 200 cm³/mol. The van der Waals surface area contributed by atoms with Crippen molar-refractivity contribution in [1.29, 1.82) is 0 Å². The summed E-state index contributed by atoms with van der Waals surface area (Å²) in [5.41, 5.74) is 12.5. The Morgan fingerprint density at radius 2 is 1.00 bits per heavy atom. The van der Waals surface area contributed by atoms with Gasteiger partial charge in [0.25, 0.3) is 0 Å². The molecule has 0 unspecified atom stereocenters. The Kier molecular flexibility index (Phi) is 5.78. The summed E-state index contributed by atoms with van der Waals surface area (Å²) in [6.45, 7) is 0. The summed E-state index contributed by atoms with van der Waals surface area (Å²) >= 11 is 1.87. The Labute approximate surface area is 275 Å². The maximum atomic E-state index is 6.69. The molecule has 3 heterocycles. The number of para-hydroxylation sites is 2. The molecule has 3 heteroatoms. The van der Waals surface area contributed by atoms with Gasteiger partial charge in [0.1, 0.15) is 11.1 Å². The molecule has 10 rings (SSSR count). The van der Waals surface area contributed by atoms with Crippen LogP contribution in [-0.2, 0) is 0 Å². The lowest BCUT2D eigenvalue weighted by Crippen LogP contribution is -1.92. The number of hydrogen-bond donors (Lipinski definition) is 0. The van der Waals surface area contributed by atoms with Crippen LogP contribution < -0.4 is 0 Å². The third-order valence-electron chi connectivity index (χ3n) is 9.42. The van der Waals surface area contributed by atoms with Crippen LogP contribution in [0.5, 0.6) is 0 Å². The molecule has 0 aliphatic rings. The molecule has 0 aliphatic carbocycles. The summed E-state index contributed by atoms with van der Waals surface area (Å²) < 4.78 is 11.6. The first-order valence-electron chi connectivity index (χ1n) is 15.9. The molecule has 2 nitrogen and oxygen atoms in total. The number of aromatic nitrogens is 1. The van der Waals surface area contributed by atoms with Gasteiger partial charge in [-0.25, -0.2) is 0 Å². The van der Waals surface area contributed by atoms with E-state index in [1.807, 2.05) is 11.3 Å². The number of fused-ring (bicyclic) bond motifs is 8. The zero-order valence-corrected chi connectivity index (χ0v) is 26.2. The van der Waals surface area contributed by atoms with E-state index >= 15 is 0 Å². The summed E-state index contributed by atoms with van der Waals surface area (Å²) in [5.74, 6) is 0. The molecule has 10 aromatic rings. The van der Waals surface area contributed by atoms with Gasteiger partial charge in [0.15, 0.2) is 5.58 Å². The quantitative estimate of drug-likeness (QED) is 0.192. The summed E-state index contributed by atoms with van der Waals surface area (Å²) in [4.78, 5) is 0. The lowest BCUT2D eigenvalue weighted by molar-refractivity contribution is 0.673. The van der Waals surface area contributed by atoms with E-state index in [2.05, 4.69) is 168 Å². The Hall–Kier alpha value is -5.90. The van der Waals surface area contributed by atoms with Gasteiger partial charge in [0, 0.05) is 36.6 Å². The van der Waals surface area contributed by atoms with Crippen molar-refractivity contribution >= 4 is 64.5 Å². The fourth-order valence-electron chi connectivity index (χ4n) is 7.22. The zero-order chi connectivity index (χ0) is 30.9. The van der Waals surface area contributed by atoms with Crippen LogP contribution in [0.15, 0.2) is 168 Å². The third kappa shape index (κ3) is 4.10. The number of rotatable bonds is 4. The van der Waals surface area contributed by atoms with E-state index in [-0.39, 0.29) is 0 Å². The Morgan fingerprint density at radius 1 is 0.426 bits per heavy atom. The van der Waals surface area contributed by atoms with Crippen molar-refractivity contribution in [2.45, 2.75) is 0 Å². The highest BCUT2D eigenvalue weighted by Gasteiger charge is 2.20. The lowest BCUT2D eigenvalue weighted by atomic mass is 9.93. The van der Waals surface area contributed by atoms with Gasteiger partial charge in [-0.05, 0) is 81.9 Å². The van der Waals surface area contributed by atoms with Crippen molar-refractivity contribution in [3.8, 4) is 39.1 Å². The highest BCUT2D eigenvalue weighted by Crippen LogP contribution is 2.43. The number of nitrogens with zero attached hydrogens (tertiary/aromatic N) is 1. The van der Waals surface area contributed by atoms with E-state index in [1.54, 1.807) is 0 Å². The molecule has 0 saturated carbocycles. The summed E-state index contributed by atoms with van der Waals surface area (Å²) in [6.07, 6.45) is 0. The van der Waals surface area contributed by atoms with Gasteiger partial charge < -0.3 is 8.98 Å². The first-order chi connectivity index (χ1) is 23.3. The van der Waals surface area contributed by atoms with Crippen molar-refractivity contribution in [1.82, 2.24) is 4.57 Å². The van der Waals surface area contributed by atoms with Gasteiger partial charge in [0.2, 0.25) is 0 Å². The molecule has 0 saturated heterocycles. The molecule has 0 radical (unpaired) electrons. The average Bonchev–Trinajstić information content (AvgIpc) is 3.80. The lowest BCUT2D eigenvalue weighted by Gasteiger charge is -2.11. The van der Waals surface area contributed by atoms with Crippen molar-refractivity contribution in [3.05, 3.63) is 164 Å². The smallest absolute Gasteiger partial charge is 0.161 e. The molecule has 220 valence electrons. The molecule has 0 atom stereocenters. The minimum atomic E-state index is 0.895. The molecule has 47 heavy (non-hydrogen) atoms. The fourth-order valence-corrected chi connectivity index (χ4v) is 8.41. The van der Waals surface area contributed by atoms with E-state index in [1.165, 1.54) is 48.0 Å². The molecule has 3 aromatic heterocycles. The summed E-state index contributed by atoms with van der Waals surface area (Å²) in [6, 6.07) is 58.8. The van der Waals surface area contributed by atoms with Gasteiger partial charge in [-0.3, -0.25) is 0 Å². The van der Waals surface area contributed by atoms with E-state index in [9.17, 15) is 0 Å². The maximum Gasteiger partial charge on any atom is 0.161 e. The van der Waals surface area contributed by atoms with Crippen LogP contribution in [0.25, 0.3) is 92.2 Å².